The summed E-state index contributed by atoms with van der Waals surface area (Å²) in [7, 11) is 0. The van der Waals surface area contributed by atoms with Crippen molar-refractivity contribution in [1.29, 1.82) is 0 Å². The van der Waals surface area contributed by atoms with Crippen LogP contribution in [0.5, 0.6) is 0 Å². The summed E-state index contributed by atoms with van der Waals surface area (Å²) in [5.74, 6) is 0. The van der Waals surface area contributed by atoms with Crippen molar-refractivity contribution in [2.75, 3.05) is 19.3 Å². The van der Waals surface area contributed by atoms with Crippen molar-refractivity contribution in [3.8, 4) is 0 Å². The van der Waals surface area contributed by atoms with Gasteiger partial charge in [0.05, 0.1) is 11.8 Å². The third-order valence-corrected chi connectivity index (χ3v) is 3.51. The van der Waals surface area contributed by atoms with Crippen molar-refractivity contribution in [3.05, 3.63) is 18.1 Å². The van der Waals surface area contributed by atoms with Gasteiger partial charge in [0.25, 0.3) is 0 Å². The van der Waals surface area contributed by atoms with E-state index in [1.54, 1.807) is 24.2 Å². The molecule has 1 aromatic rings. The maximum atomic E-state index is 9.60. The molecule has 0 aromatic carbocycles. The Labute approximate surface area is 100 Å². The zero-order chi connectivity index (χ0) is 11.4. The van der Waals surface area contributed by atoms with Crippen molar-refractivity contribution in [2.45, 2.75) is 30.5 Å². The van der Waals surface area contributed by atoms with Gasteiger partial charge in [-0.2, -0.15) is 0 Å². The molecule has 0 spiro atoms. The third kappa shape index (κ3) is 2.93. The number of β-amino-alcohol motifs (C(OH)–C–C–N with tert-alkyl or cyclic N) is 1. The van der Waals surface area contributed by atoms with Crippen LogP contribution in [0.25, 0.3) is 0 Å². The van der Waals surface area contributed by atoms with E-state index in [0.717, 1.165) is 43.2 Å². The lowest BCUT2D eigenvalue weighted by Gasteiger charge is -2.29. The molecular formula is C11H17N3OS. The summed E-state index contributed by atoms with van der Waals surface area (Å²) in [6.07, 6.45) is 7.28. The van der Waals surface area contributed by atoms with E-state index in [2.05, 4.69) is 14.9 Å². The minimum atomic E-state index is -0.178. The zero-order valence-corrected chi connectivity index (χ0v) is 10.3. The van der Waals surface area contributed by atoms with E-state index in [-0.39, 0.29) is 6.10 Å². The molecule has 2 rings (SSSR count). The van der Waals surface area contributed by atoms with Crippen LogP contribution in [-0.2, 0) is 6.54 Å². The first-order chi connectivity index (χ1) is 7.79. The van der Waals surface area contributed by atoms with Gasteiger partial charge in [0.15, 0.2) is 0 Å². The number of thioether (sulfide) groups is 1. The van der Waals surface area contributed by atoms with E-state index in [0.29, 0.717) is 0 Å². The van der Waals surface area contributed by atoms with Gasteiger partial charge in [-0.15, -0.1) is 11.8 Å². The highest BCUT2D eigenvalue weighted by molar-refractivity contribution is 7.98. The van der Waals surface area contributed by atoms with Crippen molar-refractivity contribution in [2.24, 2.45) is 0 Å². The van der Waals surface area contributed by atoms with Crippen LogP contribution >= 0.6 is 11.8 Å². The molecule has 0 unspecified atom stereocenters. The molecule has 0 radical (unpaired) electrons. The molecule has 5 heteroatoms. The van der Waals surface area contributed by atoms with E-state index in [4.69, 9.17) is 0 Å². The molecule has 1 fully saturated rings. The number of hydrogen-bond donors (Lipinski definition) is 1. The quantitative estimate of drug-likeness (QED) is 0.802. The molecule has 1 aliphatic heterocycles. The highest BCUT2D eigenvalue weighted by Crippen LogP contribution is 2.18. The van der Waals surface area contributed by atoms with Gasteiger partial charge >= 0.3 is 0 Å². The van der Waals surface area contributed by atoms with E-state index < -0.39 is 0 Å². The van der Waals surface area contributed by atoms with Crippen LogP contribution in [0.3, 0.4) is 0 Å². The van der Waals surface area contributed by atoms with Crippen LogP contribution in [0, 0.1) is 0 Å². The largest absolute Gasteiger partial charge is 0.392 e. The van der Waals surface area contributed by atoms with Crippen molar-refractivity contribution in [3.63, 3.8) is 0 Å². The highest BCUT2D eigenvalue weighted by Gasteiger charge is 2.19. The molecule has 0 bridgehead atoms. The molecule has 2 heterocycles. The minimum Gasteiger partial charge on any atom is -0.392 e. The Bertz CT molecular complexity index is 348. The fourth-order valence-corrected chi connectivity index (χ4v) is 2.54. The first-order valence-electron chi connectivity index (χ1n) is 5.54. The van der Waals surface area contributed by atoms with Gasteiger partial charge in [-0.25, -0.2) is 4.98 Å². The maximum Gasteiger partial charge on any atom is 0.119 e. The Hall–Kier alpha value is -0.650. The van der Waals surface area contributed by atoms with E-state index >= 15 is 0 Å². The molecule has 1 aliphatic rings. The first-order valence-corrected chi connectivity index (χ1v) is 6.76. The fraction of sp³-hybridized carbons (Fsp3) is 0.636. The molecule has 88 valence electrons. The van der Waals surface area contributed by atoms with E-state index in [1.165, 1.54) is 0 Å². The predicted octanol–water partition coefficient (Wildman–Crippen LogP) is 1.16. The smallest absolute Gasteiger partial charge is 0.119 e. The highest BCUT2D eigenvalue weighted by atomic mass is 32.2. The second-order valence-electron chi connectivity index (χ2n) is 4.04. The Balaban J connectivity index is 2.02. The number of nitrogens with zero attached hydrogens (tertiary/aromatic N) is 3. The Kier molecular flexibility index (Phi) is 4.15. The topological polar surface area (TPSA) is 49.2 Å². The number of piperidine rings is 1. The van der Waals surface area contributed by atoms with Gasteiger partial charge in [-0.05, 0) is 25.6 Å². The molecule has 1 atom stereocenters. The first kappa shape index (κ1) is 11.8. The minimum absolute atomic E-state index is 0.178. The van der Waals surface area contributed by atoms with Gasteiger partial charge in [-0.1, -0.05) is 0 Å². The summed E-state index contributed by atoms with van der Waals surface area (Å²) in [6, 6.07) is 0. The molecule has 1 N–H and O–H groups in total. The Morgan fingerprint density at radius 2 is 2.31 bits per heavy atom. The molecule has 4 nitrogen and oxygen atoms in total. The zero-order valence-electron chi connectivity index (χ0n) is 9.46. The molecule has 16 heavy (non-hydrogen) atoms. The van der Waals surface area contributed by atoms with E-state index in [9.17, 15) is 5.11 Å². The maximum absolute atomic E-state index is 9.60. The number of aliphatic hydroxyl groups is 1. The number of aliphatic hydroxyl groups excluding tert-OH is 1. The normalized spacial score (nSPS) is 22.2. The Morgan fingerprint density at radius 3 is 3.06 bits per heavy atom. The number of likely N-dealkylation sites (tertiary alicyclic amines) is 1. The van der Waals surface area contributed by atoms with Crippen LogP contribution in [0.2, 0.25) is 0 Å². The van der Waals surface area contributed by atoms with Crippen molar-refractivity contribution < 1.29 is 5.11 Å². The average Bonchev–Trinajstić information content (AvgIpc) is 2.30. The SMILES string of the molecule is CSc1nccnc1CN1CCC[C@H](O)C1. The van der Waals surface area contributed by atoms with Crippen molar-refractivity contribution in [1.82, 2.24) is 14.9 Å². The summed E-state index contributed by atoms with van der Waals surface area (Å²) in [6.45, 7) is 2.59. The number of aromatic nitrogens is 2. The molecular weight excluding hydrogens is 222 g/mol. The van der Waals surface area contributed by atoms with Crippen LogP contribution in [-0.4, -0.2) is 45.4 Å². The van der Waals surface area contributed by atoms with Gasteiger partial charge in [-0.3, -0.25) is 9.88 Å². The van der Waals surface area contributed by atoms with Gasteiger partial charge in [0, 0.05) is 25.5 Å². The average molecular weight is 239 g/mol. The van der Waals surface area contributed by atoms with Crippen LogP contribution in [0.4, 0.5) is 0 Å². The molecule has 0 saturated carbocycles. The number of hydrogen-bond acceptors (Lipinski definition) is 5. The predicted molar refractivity (Wildman–Crippen MR) is 64.3 cm³/mol. The number of rotatable bonds is 3. The molecule has 0 aliphatic carbocycles. The molecule has 1 aromatic heterocycles. The lowest BCUT2D eigenvalue weighted by Crippen LogP contribution is -2.38. The Morgan fingerprint density at radius 1 is 1.50 bits per heavy atom. The molecule has 0 amide bonds. The monoisotopic (exact) mass is 239 g/mol. The summed E-state index contributed by atoms with van der Waals surface area (Å²) < 4.78 is 0. The summed E-state index contributed by atoms with van der Waals surface area (Å²) in [4.78, 5) is 10.9. The summed E-state index contributed by atoms with van der Waals surface area (Å²) in [5.41, 5.74) is 1.02. The lowest BCUT2D eigenvalue weighted by molar-refractivity contribution is 0.0657. The van der Waals surface area contributed by atoms with Crippen LogP contribution < -0.4 is 0 Å². The van der Waals surface area contributed by atoms with Crippen LogP contribution in [0.15, 0.2) is 17.4 Å². The lowest BCUT2D eigenvalue weighted by atomic mass is 10.1. The fourth-order valence-electron chi connectivity index (χ4n) is 2.02. The third-order valence-electron chi connectivity index (χ3n) is 2.78. The van der Waals surface area contributed by atoms with Gasteiger partial charge in [0.2, 0.25) is 0 Å². The van der Waals surface area contributed by atoms with Crippen molar-refractivity contribution >= 4 is 11.8 Å². The molecule has 1 saturated heterocycles. The van der Waals surface area contributed by atoms with Crippen LogP contribution in [0.1, 0.15) is 18.5 Å². The van der Waals surface area contributed by atoms with E-state index in [1.807, 2.05) is 6.26 Å². The standard InChI is InChI=1S/C11H17N3OS/c1-16-11-10(12-4-5-13-11)8-14-6-2-3-9(15)7-14/h4-5,9,15H,2-3,6-8H2,1H3/t9-/m0/s1. The second-order valence-corrected chi connectivity index (χ2v) is 4.84. The summed E-state index contributed by atoms with van der Waals surface area (Å²) in [5, 5.41) is 10.6. The second kappa shape index (κ2) is 5.61. The van der Waals surface area contributed by atoms with Gasteiger partial charge < -0.3 is 5.11 Å². The summed E-state index contributed by atoms with van der Waals surface area (Å²) >= 11 is 1.62. The van der Waals surface area contributed by atoms with Gasteiger partial charge in [0.1, 0.15) is 5.03 Å².